The fourth-order valence-corrected chi connectivity index (χ4v) is 1.94. The zero-order chi connectivity index (χ0) is 13.9. The SMILES string of the molecule is COC(=O)[C@H](C)NC(=O)c1nc(C)c(C)cc1Br. The Hall–Kier alpha value is -1.43. The molecule has 98 valence electrons. The van der Waals surface area contributed by atoms with Crippen LogP contribution >= 0.6 is 15.9 Å². The maximum absolute atomic E-state index is 11.9. The van der Waals surface area contributed by atoms with Crippen molar-refractivity contribution in [1.29, 1.82) is 0 Å². The van der Waals surface area contributed by atoms with Crippen LogP contribution in [0.15, 0.2) is 10.5 Å². The first-order valence-electron chi connectivity index (χ1n) is 5.39. The third-order valence-corrected chi connectivity index (χ3v) is 3.14. The van der Waals surface area contributed by atoms with Crippen LogP contribution in [0.4, 0.5) is 0 Å². The summed E-state index contributed by atoms with van der Waals surface area (Å²) in [6.45, 7) is 5.28. The summed E-state index contributed by atoms with van der Waals surface area (Å²) in [6.07, 6.45) is 0. The average molecular weight is 315 g/mol. The first kappa shape index (κ1) is 14.6. The van der Waals surface area contributed by atoms with Crippen LogP contribution in [-0.2, 0) is 9.53 Å². The minimum Gasteiger partial charge on any atom is -0.467 e. The van der Waals surface area contributed by atoms with Gasteiger partial charge in [-0.25, -0.2) is 9.78 Å². The summed E-state index contributed by atoms with van der Waals surface area (Å²) in [5, 5.41) is 2.53. The number of amides is 1. The van der Waals surface area contributed by atoms with E-state index in [0.717, 1.165) is 11.3 Å². The smallest absolute Gasteiger partial charge is 0.328 e. The van der Waals surface area contributed by atoms with Gasteiger partial charge in [-0.15, -0.1) is 0 Å². The Morgan fingerprint density at radius 2 is 2.06 bits per heavy atom. The lowest BCUT2D eigenvalue weighted by Crippen LogP contribution is -2.39. The van der Waals surface area contributed by atoms with Crippen molar-refractivity contribution in [3.05, 3.63) is 27.5 Å². The van der Waals surface area contributed by atoms with E-state index in [2.05, 4.69) is 31.0 Å². The molecule has 5 nitrogen and oxygen atoms in total. The van der Waals surface area contributed by atoms with Crippen LogP contribution in [0.2, 0.25) is 0 Å². The predicted octanol–water partition coefficient (Wildman–Crippen LogP) is 1.75. The Labute approximate surface area is 114 Å². The normalized spacial score (nSPS) is 11.8. The minimum absolute atomic E-state index is 0.258. The molecule has 0 aliphatic rings. The molecule has 1 heterocycles. The van der Waals surface area contributed by atoms with Crippen molar-refractivity contribution in [3.8, 4) is 0 Å². The molecule has 1 amide bonds. The van der Waals surface area contributed by atoms with Crippen LogP contribution in [0.3, 0.4) is 0 Å². The van der Waals surface area contributed by atoms with E-state index in [0.29, 0.717) is 4.47 Å². The second kappa shape index (κ2) is 5.95. The molecule has 0 saturated heterocycles. The molecule has 0 radical (unpaired) electrons. The lowest BCUT2D eigenvalue weighted by Gasteiger charge is -2.12. The number of halogens is 1. The van der Waals surface area contributed by atoms with Gasteiger partial charge >= 0.3 is 5.97 Å². The number of hydrogen-bond donors (Lipinski definition) is 1. The maximum Gasteiger partial charge on any atom is 0.328 e. The van der Waals surface area contributed by atoms with Gasteiger partial charge in [0.15, 0.2) is 0 Å². The van der Waals surface area contributed by atoms with Crippen LogP contribution in [0.1, 0.15) is 28.7 Å². The van der Waals surface area contributed by atoms with E-state index in [1.54, 1.807) is 6.92 Å². The predicted molar refractivity (Wildman–Crippen MR) is 70.4 cm³/mol. The minimum atomic E-state index is -0.710. The zero-order valence-electron chi connectivity index (χ0n) is 10.7. The molecule has 1 atom stereocenters. The van der Waals surface area contributed by atoms with Crippen LogP contribution < -0.4 is 5.32 Å². The number of hydrogen-bond acceptors (Lipinski definition) is 4. The number of methoxy groups -OCH3 is 1. The number of nitrogens with zero attached hydrogens (tertiary/aromatic N) is 1. The van der Waals surface area contributed by atoms with Gasteiger partial charge in [0.25, 0.3) is 5.91 Å². The summed E-state index contributed by atoms with van der Waals surface area (Å²) in [6, 6.07) is 1.11. The number of pyridine rings is 1. The Bertz CT molecular complexity index is 488. The monoisotopic (exact) mass is 314 g/mol. The van der Waals surface area contributed by atoms with E-state index in [-0.39, 0.29) is 5.69 Å². The van der Waals surface area contributed by atoms with E-state index in [1.807, 2.05) is 19.9 Å². The number of rotatable bonds is 3. The highest BCUT2D eigenvalue weighted by Crippen LogP contribution is 2.18. The number of aromatic nitrogens is 1. The Morgan fingerprint density at radius 3 is 2.61 bits per heavy atom. The fraction of sp³-hybridized carbons (Fsp3) is 0.417. The number of carbonyl (C=O) groups excluding carboxylic acids is 2. The van der Waals surface area contributed by atoms with Crippen molar-refractivity contribution >= 4 is 27.8 Å². The summed E-state index contributed by atoms with van der Waals surface area (Å²) in [7, 11) is 1.27. The van der Waals surface area contributed by atoms with Gasteiger partial charge in [-0.2, -0.15) is 0 Å². The van der Waals surface area contributed by atoms with E-state index >= 15 is 0 Å². The zero-order valence-corrected chi connectivity index (χ0v) is 12.3. The van der Waals surface area contributed by atoms with Crippen LogP contribution in [-0.4, -0.2) is 30.0 Å². The molecule has 1 aromatic heterocycles. The first-order valence-corrected chi connectivity index (χ1v) is 6.18. The van der Waals surface area contributed by atoms with Crippen molar-refractivity contribution in [1.82, 2.24) is 10.3 Å². The number of ether oxygens (including phenoxy) is 1. The second-order valence-electron chi connectivity index (χ2n) is 3.94. The standard InChI is InChI=1S/C12H15BrN2O3/c1-6-5-9(13)10(14-7(6)2)11(16)15-8(3)12(17)18-4/h5,8H,1-4H3,(H,15,16)/t8-/m0/s1. The lowest BCUT2D eigenvalue weighted by molar-refractivity contribution is -0.142. The largest absolute Gasteiger partial charge is 0.467 e. The van der Waals surface area contributed by atoms with E-state index in [9.17, 15) is 9.59 Å². The van der Waals surface area contributed by atoms with Crippen LogP contribution in [0.25, 0.3) is 0 Å². The van der Waals surface area contributed by atoms with Crippen molar-refractivity contribution in [3.63, 3.8) is 0 Å². The number of carbonyl (C=O) groups is 2. The molecule has 1 aromatic rings. The Morgan fingerprint density at radius 1 is 1.44 bits per heavy atom. The van der Waals surface area contributed by atoms with Crippen molar-refractivity contribution in [2.45, 2.75) is 26.8 Å². The molecular formula is C12H15BrN2O3. The molecule has 0 fully saturated rings. The molecule has 0 aliphatic heterocycles. The average Bonchev–Trinajstić information content (AvgIpc) is 2.32. The number of nitrogens with one attached hydrogen (secondary N) is 1. The highest BCUT2D eigenvalue weighted by Gasteiger charge is 2.20. The van der Waals surface area contributed by atoms with Gasteiger partial charge in [-0.1, -0.05) is 0 Å². The van der Waals surface area contributed by atoms with Gasteiger partial charge < -0.3 is 10.1 Å². The Balaban J connectivity index is 2.91. The third-order valence-electron chi connectivity index (χ3n) is 2.54. The van der Waals surface area contributed by atoms with Crippen molar-refractivity contribution < 1.29 is 14.3 Å². The van der Waals surface area contributed by atoms with Crippen molar-refractivity contribution in [2.24, 2.45) is 0 Å². The second-order valence-corrected chi connectivity index (χ2v) is 4.79. The molecule has 6 heteroatoms. The van der Waals surface area contributed by atoms with Crippen LogP contribution in [0.5, 0.6) is 0 Å². The summed E-state index contributed by atoms with van der Waals surface area (Å²) in [5.41, 5.74) is 2.02. The molecule has 18 heavy (non-hydrogen) atoms. The molecule has 0 spiro atoms. The summed E-state index contributed by atoms with van der Waals surface area (Å²) < 4.78 is 5.13. The van der Waals surface area contributed by atoms with Crippen LogP contribution in [0, 0.1) is 13.8 Å². The molecule has 0 saturated carbocycles. The van der Waals surface area contributed by atoms with E-state index < -0.39 is 17.9 Å². The summed E-state index contributed by atoms with van der Waals surface area (Å²) >= 11 is 3.29. The molecule has 0 aliphatic carbocycles. The van der Waals surface area contributed by atoms with Gasteiger partial charge in [0, 0.05) is 10.2 Å². The number of aryl methyl sites for hydroxylation is 2. The van der Waals surface area contributed by atoms with Gasteiger partial charge in [0.2, 0.25) is 0 Å². The summed E-state index contributed by atoms with van der Waals surface area (Å²) in [5.74, 6) is -0.911. The molecule has 1 rings (SSSR count). The lowest BCUT2D eigenvalue weighted by atomic mass is 10.2. The third kappa shape index (κ3) is 3.29. The molecule has 1 N–H and O–H groups in total. The topological polar surface area (TPSA) is 68.3 Å². The quantitative estimate of drug-likeness (QED) is 0.863. The molecule has 0 unspecified atom stereocenters. The fourth-order valence-electron chi connectivity index (χ4n) is 1.33. The van der Waals surface area contributed by atoms with E-state index in [1.165, 1.54) is 7.11 Å². The molecular weight excluding hydrogens is 300 g/mol. The Kier molecular flexibility index (Phi) is 4.84. The van der Waals surface area contributed by atoms with Gasteiger partial charge in [0.05, 0.1) is 7.11 Å². The van der Waals surface area contributed by atoms with Gasteiger partial charge in [0.1, 0.15) is 11.7 Å². The van der Waals surface area contributed by atoms with Crippen molar-refractivity contribution in [2.75, 3.05) is 7.11 Å². The molecule has 0 bridgehead atoms. The highest BCUT2D eigenvalue weighted by atomic mass is 79.9. The summed E-state index contributed by atoms with van der Waals surface area (Å²) in [4.78, 5) is 27.4. The first-order chi connectivity index (χ1) is 8.36. The maximum atomic E-state index is 11.9. The molecule has 0 aromatic carbocycles. The van der Waals surface area contributed by atoms with Gasteiger partial charge in [-0.05, 0) is 48.3 Å². The van der Waals surface area contributed by atoms with Gasteiger partial charge in [-0.3, -0.25) is 4.79 Å². The highest BCUT2D eigenvalue weighted by molar-refractivity contribution is 9.10. The van der Waals surface area contributed by atoms with E-state index in [4.69, 9.17) is 0 Å². The number of esters is 1.